The summed E-state index contributed by atoms with van der Waals surface area (Å²) < 4.78 is 0. The van der Waals surface area contributed by atoms with Crippen LogP contribution >= 0.6 is 0 Å². The summed E-state index contributed by atoms with van der Waals surface area (Å²) in [5.74, 6) is -0.0592. The maximum atomic E-state index is 12.7. The summed E-state index contributed by atoms with van der Waals surface area (Å²) in [5, 5.41) is 9.24. The standard InChI is InChI=1S/C19H25NO3/c1-13-12-15-7-3-5-9-17(15)20(13)18(21)11-10-14-6-2-4-8-16(14)19(22)23/h2,4,6,8,13,15,17H,3,5,7,9-12H2,1H3,(H,22,23). The molecule has 2 fully saturated rings. The fourth-order valence-corrected chi connectivity index (χ4v) is 4.46. The Hall–Kier alpha value is -1.84. The van der Waals surface area contributed by atoms with E-state index in [9.17, 15) is 14.7 Å². The summed E-state index contributed by atoms with van der Waals surface area (Å²) >= 11 is 0. The van der Waals surface area contributed by atoms with Gasteiger partial charge in [0.15, 0.2) is 0 Å². The number of hydrogen-bond acceptors (Lipinski definition) is 2. The van der Waals surface area contributed by atoms with Gasteiger partial charge in [0.25, 0.3) is 0 Å². The lowest BCUT2D eigenvalue weighted by atomic mass is 9.85. The normalized spacial score (nSPS) is 26.8. The van der Waals surface area contributed by atoms with Gasteiger partial charge in [0.05, 0.1) is 5.56 Å². The van der Waals surface area contributed by atoms with Crippen LogP contribution in [0.15, 0.2) is 24.3 Å². The number of rotatable bonds is 4. The molecule has 1 amide bonds. The van der Waals surface area contributed by atoms with Gasteiger partial charge in [-0.2, -0.15) is 0 Å². The number of aryl methyl sites for hydroxylation is 1. The Kier molecular flexibility index (Phi) is 4.69. The molecule has 0 bridgehead atoms. The second-order valence-corrected chi connectivity index (χ2v) is 6.96. The molecular weight excluding hydrogens is 290 g/mol. The maximum absolute atomic E-state index is 12.7. The van der Waals surface area contributed by atoms with Crippen LogP contribution in [-0.4, -0.2) is 34.0 Å². The number of benzene rings is 1. The first kappa shape index (κ1) is 16.0. The largest absolute Gasteiger partial charge is 0.478 e. The Balaban J connectivity index is 1.67. The number of carbonyl (C=O) groups is 2. The molecule has 3 unspecified atom stereocenters. The molecule has 1 N–H and O–H groups in total. The van der Waals surface area contributed by atoms with Crippen LogP contribution in [0.1, 0.15) is 61.4 Å². The van der Waals surface area contributed by atoms with E-state index < -0.39 is 5.97 Å². The molecule has 1 aromatic rings. The van der Waals surface area contributed by atoms with Crippen LogP contribution in [0.3, 0.4) is 0 Å². The van der Waals surface area contributed by atoms with Gasteiger partial charge in [0, 0.05) is 18.5 Å². The number of fused-ring (bicyclic) bond motifs is 1. The highest BCUT2D eigenvalue weighted by atomic mass is 16.4. The molecular formula is C19H25NO3. The summed E-state index contributed by atoms with van der Waals surface area (Å²) in [6.07, 6.45) is 6.93. The molecule has 124 valence electrons. The molecule has 0 spiro atoms. The molecule has 4 nitrogen and oxygen atoms in total. The van der Waals surface area contributed by atoms with E-state index in [0.29, 0.717) is 36.4 Å². The van der Waals surface area contributed by atoms with Crippen LogP contribution in [0, 0.1) is 5.92 Å². The van der Waals surface area contributed by atoms with Crippen molar-refractivity contribution in [3.8, 4) is 0 Å². The van der Waals surface area contributed by atoms with Crippen LogP contribution in [0.5, 0.6) is 0 Å². The Morgan fingerprint density at radius 1 is 1.22 bits per heavy atom. The number of hydrogen-bond donors (Lipinski definition) is 1. The molecule has 2 aliphatic rings. The van der Waals surface area contributed by atoms with Crippen LogP contribution < -0.4 is 0 Å². The van der Waals surface area contributed by atoms with Gasteiger partial charge in [-0.25, -0.2) is 4.79 Å². The molecule has 1 aliphatic heterocycles. The highest BCUT2D eigenvalue weighted by molar-refractivity contribution is 5.89. The molecule has 1 saturated carbocycles. The molecule has 1 saturated heterocycles. The maximum Gasteiger partial charge on any atom is 0.335 e. The molecule has 3 rings (SSSR count). The van der Waals surface area contributed by atoms with Crippen molar-refractivity contribution in [3.05, 3.63) is 35.4 Å². The van der Waals surface area contributed by atoms with E-state index in [-0.39, 0.29) is 5.91 Å². The van der Waals surface area contributed by atoms with E-state index in [2.05, 4.69) is 11.8 Å². The van der Waals surface area contributed by atoms with Gasteiger partial charge in [0.1, 0.15) is 0 Å². The minimum absolute atomic E-state index is 0.187. The molecule has 1 aliphatic carbocycles. The predicted octanol–water partition coefficient (Wildman–Crippen LogP) is 3.50. The third-order valence-electron chi connectivity index (χ3n) is 5.49. The van der Waals surface area contributed by atoms with Gasteiger partial charge >= 0.3 is 5.97 Å². The topological polar surface area (TPSA) is 57.6 Å². The molecule has 1 heterocycles. The molecule has 0 radical (unpaired) electrons. The van der Waals surface area contributed by atoms with Gasteiger partial charge in [-0.05, 0) is 50.2 Å². The lowest BCUT2D eigenvalue weighted by Gasteiger charge is -2.33. The van der Waals surface area contributed by atoms with Crippen molar-refractivity contribution in [2.24, 2.45) is 5.92 Å². The Morgan fingerprint density at radius 2 is 1.96 bits per heavy atom. The van der Waals surface area contributed by atoms with Gasteiger partial charge < -0.3 is 10.0 Å². The third kappa shape index (κ3) is 3.26. The number of carboxylic acids is 1. The van der Waals surface area contributed by atoms with Crippen molar-refractivity contribution in [2.75, 3.05) is 0 Å². The van der Waals surface area contributed by atoms with Gasteiger partial charge in [-0.1, -0.05) is 31.0 Å². The molecule has 4 heteroatoms. The first-order valence-electron chi connectivity index (χ1n) is 8.70. The molecule has 0 aromatic heterocycles. The second kappa shape index (κ2) is 6.73. The summed E-state index contributed by atoms with van der Waals surface area (Å²) in [6, 6.07) is 7.73. The molecule has 23 heavy (non-hydrogen) atoms. The number of amides is 1. The summed E-state index contributed by atoms with van der Waals surface area (Å²) in [6.45, 7) is 2.15. The van der Waals surface area contributed by atoms with Crippen LogP contribution in [0.4, 0.5) is 0 Å². The van der Waals surface area contributed by atoms with E-state index in [1.54, 1.807) is 12.1 Å². The van der Waals surface area contributed by atoms with Crippen molar-refractivity contribution in [3.63, 3.8) is 0 Å². The number of aromatic carboxylic acids is 1. The van der Waals surface area contributed by atoms with E-state index in [4.69, 9.17) is 0 Å². The van der Waals surface area contributed by atoms with Crippen molar-refractivity contribution < 1.29 is 14.7 Å². The van der Waals surface area contributed by atoms with Crippen LogP contribution in [0.2, 0.25) is 0 Å². The smallest absolute Gasteiger partial charge is 0.335 e. The summed E-state index contributed by atoms with van der Waals surface area (Å²) in [7, 11) is 0. The SMILES string of the molecule is CC1CC2CCCCC2N1C(=O)CCc1ccccc1C(=O)O. The predicted molar refractivity (Wildman–Crippen MR) is 88.4 cm³/mol. The average Bonchev–Trinajstić information content (AvgIpc) is 2.88. The van der Waals surface area contributed by atoms with Gasteiger partial charge in [0.2, 0.25) is 5.91 Å². The highest BCUT2D eigenvalue weighted by Gasteiger charge is 2.42. The lowest BCUT2D eigenvalue weighted by Crippen LogP contribution is -2.42. The quantitative estimate of drug-likeness (QED) is 0.925. The van der Waals surface area contributed by atoms with E-state index in [1.165, 1.54) is 19.3 Å². The van der Waals surface area contributed by atoms with Crippen LogP contribution in [0.25, 0.3) is 0 Å². The van der Waals surface area contributed by atoms with Gasteiger partial charge in [-0.15, -0.1) is 0 Å². The van der Waals surface area contributed by atoms with E-state index in [1.807, 2.05) is 12.1 Å². The summed E-state index contributed by atoms with van der Waals surface area (Å²) in [4.78, 5) is 26.1. The minimum Gasteiger partial charge on any atom is -0.478 e. The third-order valence-corrected chi connectivity index (χ3v) is 5.49. The fourth-order valence-electron chi connectivity index (χ4n) is 4.46. The Bertz CT molecular complexity index is 598. The first-order valence-corrected chi connectivity index (χ1v) is 8.70. The lowest BCUT2D eigenvalue weighted by molar-refractivity contribution is -0.134. The fraction of sp³-hybridized carbons (Fsp3) is 0.579. The van der Waals surface area contributed by atoms with Crippen molar-refractivity contribution in [1.29, 1.82) is 0 Å². The highest BCUT2D eigenvalue weighted by Crippen LogP contribution is 2.39. The van der Waals surface area contributed by atoms with Crippen LogP contribution in [-0.2, 0) is 11.2 Å². The number of carbonyl (C=O) groups excluding carboxylic acids is 1. The average molecular weight is 315 g/mol. The zero-order valence-electron chi connectivity index (χ0n) is 13.7. The first-order chi connectivity index (χ1) is 11.1. The zero-order chi connectivity index (χ0) is 16.4. The van der Waals surface area contributed by atoms with E-state index >= 15 is 0 Å². The van der Waals surface area contributed by atoms with Crippen molar-refractivity contribution in [2.45, 2.75) is 64.0 Å². The minimum atomic E-state index is -0.921. The number of likely N-dealkylation sites (tertiary alicyclic amines) is 1. The summed E-state index contributed by atoms with van der Waals surface area (Å²) in [5.41, 5.74) is 1.06. The zero-order valence-corrected chi connectivity index (χ0v) is 13.7. The van der Waals surface area contributed by atoms with E-state index in [0.717, 1.165) is 18.4 Å². The number of carboxylic acid groups (broad SMARTS) is 1. The number of nitrogens with zero attached hydrogens (tertiary/aromatic N) is 1. The molecule has 1 aromatic carbocycles. The van der Waals surface area contributed by atoms with Crippen molar-refractivity contribution in [1.82, 2.24) is 4.90 Å². The molecule has 3 atom stereocenters. The second-order valence-electron chi connectivity index (χ2n) is 6.96. The van der Waals surface area contributed by atoms with Crippen molar-refractivity contribution >= 4 is 11.9 Å². The monoisotopic (exact) mass is 315 g/mol. The Morgan fingerprint density at radius 3 is 2.74 bits per heavy atom. The van der Waals surface area contributed by atoms with Gasteiger partial charge in [-0.3, -0.25) is 4.79 Å². The Labute approximate surface area is 137 Å².